The van der Waals surface area contributed by atoms with Crippen LogP contribution in [0.1, 0.15) is 28.8 Å². The quantitative estimate of drug-likeness (QED) is 0.913. The predicted octanol–water partition coefficient (Wildman–Crippen LogP) is 2.07. The van der Waals surface area contributed by atoms with E-state index in [1.54, 1.807) is 6.08 Å². The summed E-state index contributed by atoms with van der Waals surface area (Å²) in [6, 6.07) is 2.07. The number of aryl methyl sites for hydroxylation is 1. The number of carbonyl (C=O) groups is 2. The third-order valence-electron chi connectivity index (χ3n) is 3.87. The van der Waals surface area contributed by atoms with Crippen LogP contribution in [0.25, 0.3) is 0 Å². The van der Waals surface area contributed by atoms with Gasteiger partial charge in [-0.15, -0.1) is 11.3 Å². The van der Waals surface area contributed by atoms with Gasteiger partial charge in [0.25, 0.3) is 0 Å². The Hall–Kier alpha value is -1.84. The fraction of sp³-hybridized carbons (Fsp3) is 0.400. The van der Waals surface area contributed by atoms with E-state index < -0.39 is 23.7 Å². The number of carboxylic acids is 1. The molecular formula is C15H14ClN2O3S-. The first kappa shape index (κ1) is 16.5. The highest BCUT2D eigenvalue weighted by Gasteiger charge is 2.33. The molecule has 1 heterocycles. The maximum absolute atomic E-state index is 12.4. The summed E-state index contributed by atoms with van der Waals surface area (Å²) in [6.07, 6.45) is 1.94. The number of allylic oxidation sites excluding steroid dienone is 2. The molecule has 1 amide bonds. The van der Waals surface area contributed by atoms with Crippen molar-refractivity contribution in [2.24, 2.45) is 11.8 Å². The summed E-state index contributed by atoms with van der Waals surface area (Å²) in [4.78, 5) is 24.6. The Morgan fingerprint density at radius 1 is 1.45 bits per heavy atom. The molecule has 116 valence electrons. The maximum Gasteiger partial charge on any atom is 0.229 e. The first-order valence-electron chi connectivity index (χ1n) is 6.71. The van der Waals surface area contributed by atoms with E-state index in [0.29, 0.717) is 15.6 Å². The molecule has 5 nitrogen and oxygen atoms in total. The summed E-state index contributed by atoms with van der Waals surface area (Å²) < 4.78 is 0. The minimum atomic E-state index is -1.26. The number of amides is 1. The predicted molar refractivity (Wildman–Crippen MR) is 82.3 cm³/mol. The lowest BCUT2D eigenvalue weighted by Crippen LogP contribution is -2.42. The number of aliphatic carboxylic acids is 1. The highest BCUT2D eigenvalue weighted by molar-refractivity contribution is 7.16. The summed E-state index contributed by atoms with van der Waals surface area (Å²) in [7, 11) is 0. The Kier molecular flexibility index (Phi) is 4.89. The van der Waals surface area contributed by atoms with Gasteiger partial charge in [0, 0.05) is 21.8 Å². The molecule has 1 N–H and O–H groups in total. The number of halogens is 1. The van der Waals surface area contributed by atoms with Crippen LogP contribution in [0, 0.1) is 37.0 Å². The molecule has 2 atom stereocenters. The van der Waals surface area contributed by atoms with Crippen molar-refractivity contribution in [3.8, 4) is 6.07 Å². The summed E-state index contributed by atoms with van der Waals surface area (Å²) in [5.41, 5.74) is 1.24. The van der Waals surface area contributed by atoms with Crippen molar-refractivity contribution < 1.29 is 14.7 Å². The molecule has 22 heavy (non-hydrogen) atoms. The van der Waals surface area contributed by atoms with Crippen LogP contribution in [-0.4, -0.2) is 11.9 Å². The van der Waals surface area contributed by atoms with E-state index in [-0.39, 0.29) is 12.8 Å². The van der Waals surface area contributed by atoms with Crippen LogP contribution in [-0.2, 0) is 9.59 Å². The molecule has 0 spiro atoms. The van der Waals surface area contributed by atoms with Gasteiger partial charge in [-0.1, -0.05) is 17.7 Å². The molecule has 0 saturated carbocycles. The van der Waals surface area contributed by atoms with Crippen molar-refractivity contribution >= 4 is 39.8 Å². The standard InChI is InChI=1S/C15H15ClN2O3S/c1-7-8(2)22-14(12(7)6-17)18-13(19)11-5-9(16)3-4-10(11)15(20)21/h3,10-11H,4-5H2,1-2H3,(H,18,19)(H,20,21)/p-1/t10-,11-/m1/s1. The van der Waals surface area contributed by atoms with Gasteiger partial charge in [-0.3, -0.25) is 4.79 Å². The molecule has 0 bridgehead atoms. The van der Waals surface area contributed by atoms with Crippen LogP contribution in [0.5, 0.6) is 0 Å². The SMILES string of the molecule is Cc1sc(NC(=O)[C@@H]2CC(Cl)=CC[C@H]2C(=O)[O-])c(C#N)c1C. The number of hydrogen-bond donors (Lipinski definition) is 1. The van der Waals surface area contributed by atoms with Crippen LogP contribution >= 0.6 is 22.9 Å². The van der Waals surface area contributed by atoms with E-state index in [4.69, 9.17) is 11.6 Å². The van der Waals surface area contributed by atoms with Gasteiger partial charge >= 0.3 is 0 Å². The number of carboxylic acid groups (broad SMARTS) is 1. The highest BCUT2D eigenvalue weighted by Crippen LogP contribution is 2.35. The second-order valence-electron chi connectivity index (χ2n) is 5.21. The molecule has 0 saturated heterocycles. The third-order valence-corrected chi connectivity index (χ3v) is 5.30. The van der Waals surface area contributed by atoms with E-state index in [1.807, 2.05) is 13.8 Å². The van der Waals surface area contributed by atoms with E-state index >= 15 is 0 Å². The van der Waals surface area contributed by atoms with E-state index in [0.717, 1.165) is 10.4 Å². The topological polar surface area (TPSA) is 93.0 Å². The minimum absolute atomic E-state index is 0.164. The highest BCUT2D eigenvalue weighted by atomic mass is 35.5. The first-order valence-corrected chi connectivity index (χ1v) is 7.91. The van der Waals surface area contributed by atoms with Crippen LogP contribution in [0.3, 0.4) is 0 Å². The van der Waals surface area contributed by atoms with Gasteiger partial charge in [-0.05, 0) is 32.3 Å². The molecule has 0 unspecified atom stereocenters. The fourth-order valence-electron chi connectivity index (χ4n) is 2.44. The molecule has 0 aromatic carbocycles. The number of hydrogen-bond acceptors (Lipinski definition) is 5. The number of thiophene rings is 1. The third kappa shape index (κ3) is 3.16. The van der Waals surface area contributed by atoms with Crippen LogP contribution < -0.4 is 10.4 Å². The molecule has 1 aromatic rings. The van der Waals surface area contributed by atoms with Gasteiger partial charge in [-0.25, -0.2) is 0 Å². The van der Waals surface area contributed by atoms with Gasteiger partial charge in [0.15, 0.2) is 0 Å². The Balaban J connectivity index is 2.25. The van der Waals surface area contributed by atoms with Crippen molar-refractivity contribution in [3.63, 3.8) is 0 Å². The lowest BCUT2D eigenvalue weighted by atomic mass is 9.82. The van der Waals surface area contributed by atoms with E-state index in [2.05, 4.69) is 11.4 Å². The van der Waals surface area contributed by atoms with Gasteiger partial charge < -0.3 is 15.2 Å². The number of rotatable bonds is 3. The average molecular weight is 338 g/mol. The number of carbonyl (C=O) groups excluding carboxylic acids is 2. The first-order chi connectivity index (χ1) is 10.3. The van der Waals surface area contributed by atoms with Gasteiger partial charge in [0.05, 0.1) is 11.5 Å². The monoisotopic (exact) mass is 337 g/mol. The zero-order valence-electron chi connectivity index (χ0n) is 12.1. The van der Waals surface area contributed by atoms with Crippen molar-refractivity contribution in [1.82, 2.24) is 0 Å². The Labute approximate surface area is 137 Å². The zero-order valence-corrected chi connectivity index (χ0v) is 13.7. The minimum Gasteiger partial charge on any atom is -0.550 e. The van der Waals surface area contributed by atoms with Crippen LogP contribution in [0.15, 0.2) is 11.1 Å². The van der Waals surface area contributed by atoms with Crippen molar-refractivity contribution in [3.05, 3.63) is 27.1 Å². The normalized spacial score (nSPS) is 20.9. The molecule has 0 radical (unpaired) electrons. The molecule has 0 aliphatic heterocycles. The summed E-state index contributed by atoms with van der Waals surface area (Å²) in [5, 5.41) is 24.0. The smallest absolute Gasteiger partial charge is 0.229 e. The largest absolute Gasteiger partial charge is 0.550 e. The zero-order chi connectivity index (χ0) is 16.4. The lowest BCUT2D eigenvalue weighted by Gasteiger charge is -2.29. The van der Waals surface area contributed by atoms with Crippen LogP contribution in [0.4, 0.5) is 5.00 Å². The van der Waals surface area contributed by atoms with Crippen LogP contribution in [0.2, 0.25) is 0 Å². The van der Waals surface area contributed by atoms with E-state index in [9.17, 15) is 20.0 Å². The van der Waals surface area contributed by atoms with E-state index in [1.165, 1.54) is 11.3 Å². The number of nitrogens with zero attached hydrogens (tertiary/aromatic N) is 1. The number of anilines is 1. The average Bonchev–Trinajstić information content (AvgIpc) is 2.72. The van der Waals surface area contributed by atoms with Gasteiger partial charge in [0.1, 0.15) is 11.1 Å². The number of nitrogens with one attached hydrogen (secondary N) is 1. The summed E-state index contributed by atoms with van der Waals surface area (Å²) >= 11 is 7.24. The summed E-state index contributed by atoms with van der Waals surface area (Å²) in [6.45, 7) is 3.67. The van der Waals surface area contributed by atoms with Crippen molar-refractivity contribution in [2.45, 2.75) is 26.7 Å². The van der Waals surface area contributed by atoms with Gasteiger partial charge in [0.2, 0.25) is 5.91 Å². The molecule has 7 heteroatoms. The van der Waals surface area contributed by atoms with Gasteiger partial charge in [-0.2, -0.15) is 5.26 Å². The Morgan fingerprint density at radius 2 is 2.14 bits per heavy atom. The molecule has 1 aliphatic carbocycles. The second-order valence-corrected chi connectivity index (χ2v) is 6.92. The maximum atomic E-state index is 12.4. The molecular weight excluding hydrogens is 324 g/mol. The molecule has 2 rings (SSSR count). The molecule has 0 fully saturated rings. The summed E-state index contributed by atoms with van der Waals surface area (Å²) in [5.74, 6) is -3.41. The lowest BCUT2D eigenvalue weighted by molar-refractivity contribution is -0.313. The second kappa shape index (κ2) is 6.51. The van der Waals surface area contributed by atoms with Crippen molar-refractivity contribution in [2.75, 3.05) is 5.32 Å². The van der Waals surface area contributed by atoms with Crippen molar-refractivity contribution in [1.29, 1.82) is 5.26 Å². The number of nitriles is 1. The fourth-order valence-corrected chi connectivity index (χ4v) is 3.71. The Morgan fingerprint density at radius 3 is 2.73 bits per heavy atom. The Bertz CT molecular complexity index is 702. The molecule has 1 aliphatic rings. The molecule has 1 aromatic heterocycles.